The average molecular weight is 423 g/mol. The van der Waals surface area contributed by atoms with Gasteiger partial charge in [-0.3, -0.25) is 4.79 Å². The Kier molecular flexibility index (Phi) is 6.06. The summed E-state index contributed by atoms with van der Waals surface area (Å²) in [6, 6.07) is 29.8. The van der Waals surface area contributed by atoms with E-state index in [1.54, 1.807) is 0 Å². The fourth-order valence-electron chi connectivity index (χ4n) is 5.01. The number of carbonyl (C=O) groups is 1. The van der Waals surface area contributed by atoms with Crippen LogP contribution in [-0.2, 0) is 17.8 Å². The summed E-state index contributed by atoms with van der Waals surface area (Å²) < 4.78 is 2.35. The van der Waals surface area contributed by atoms with Crippen LogP contribution in [0.25, 0.3) is 10.9 Å². The van der Waals surface area contributed by atoms with Crippen molar-refractivity contribution in [3.05, 3.63) is 108 Å². The molecule has 1 amide bonds. The lowest BCUT2D eigenvalue weighted by atomic mass is 9.88. The van der Waals surface area contributed by atoms with Gasteiger partial charge in [0.2, 0.25) is 5.91 Å². The van der Waals surface area contributed by atoms with Gasteiger partial charge in [-0.25, -0.2) is 0 Å². The normalized spacial score (nSPS) is 14.7. The molecule has 32 heavy (non-hydrogen) atoms. The molecule has 162 valence electrons. The molecule has 2 heterocycles. The molecule has 1 aliphatic rings. The van der Waals surface area contributed by atoms with Crippen LogP contribution in [0.4, 0.5) is 0 Å². The number of carbonyl (C=O) groups excluding carboxylic acids is 1. The number of hydrogen-bond acceptors (Lipinski definition) is 1. The van der Waals surface area contributed by atoms with E-state index in [0.717, 1.165) is 38.9 Å². The van der Waals surface area contributed by atoms with Gasteiger partial charge in [-0.1, -0.05) is 78.9 Å². The number of para-hydroxylation sites is 1. The average Bonchev–Trinajstić information content (AvgIpc) is 3.49. The highest BCUT2D eigenvalue weighted by atomic mass is 16.2. The third-order valence-electron chi connectivity index (χ3n) is 6.66. The van der Waals surface area contributed by atoms with Crippen LogP contribution in [-0.4, -0.2) is 28.5 Å². The topological polar surface area (TPSA) is 25.2 Å². The van der Waals surface area contributed by atoms with Crippen molar-refractivity contribution in [2.45, 2.75) is 38.1 Å². The molecular formula is C29H30N2O. The third kappa shape index (κ3) is 4.47. The number of likely N-dealkylation sites (tertiary alicyclic amines) is 1. The Morgan fingerprint density at radius 1 is 0.781 bits per heavy atom. The van der Waals surface area contributed by atoms with Crippen LogP contribution in [0.15, 0.2) is 91.1 Å². The minimum Gasteiger partial charge on any atom is -0.343 e. The van der Waals surface area contributed by atoms with Gasteiger partial charge in [0.1, 0.15) is 0 Å². The van der Waals surface area contributed by atoms with Gasteiger partial charge in [0.25, 0.3) is 0 Å². The molecule has 0 saturated carbocycles. The van der Waals surface area contributed by atoms with Gasteiger partial charge >= 0.3 is 0 Å². The molecule has 1 aliphatic heterocycles. The van der Waals surface area contributed by atoms with Crippen molar-refractivity contribution in [2.75, 3.05) is 13.1 Å². The van der Waals surface area contributed by atoms with Crippen LogP contribution in [0, 0.1) is 0 Å². The zero-order valence-electron chi connectivity index (χ0n) is 18.5. The Morgan fingerprint density at radius 3 is 2.12 bits per heavy atom. The number of benzene rings is 3. The standard InChI is InChI=1S/C29H30N2O/c32-29(30-17-9-10-18-30)20-25(19-23-11-3-1-4-12-23)27-22-31(21-24-13-5-2-6-14-24)28-16-8-7-15-26(27)28/h1-8,11-16,22,25H,9-10,17-21H2. The molecule has 1 saturated heterocycles. The molecule has 1 atom stereocenters. The van der Waals surface area contributed by atoms with E-state index in [4.69, 9.17) is 0 Å². The van der Waals surface area contributed by atoms with Gasteiger partial charge in [-0.05, 0) is 47.9 Å². The van der Waals surface area contributed by atoms with E-state index in [1.807, 2.05) is 0 Å². The number of aromatic nitrogens is 1. The molecule has 0 N–H and O–H groups in total. The first-order valence-electron chi connectivity index (χ1n) is 11.7. The molecule has 4 aromatic rings. The number of nitrogens with zero attached hydrogens (tertiary/aromatic N) is 2. The number of hydrogen-bond donors (Lipinski definition) is 0. The molecule has 5 rings (SSSR count). The molecule has 3 heteroatoms. The molecule has 1 aromatic heterocycles. The van der Waals surface area contributed by atoms with E-state index in [9.17, 15) is 4.79 Å². The summed E-state index contributed by atoms with van der Waals surface area (Å²) in [5.74, 6) is 0.454. The summed E-state index contributed by atoms with van der Waals surface area (Å²) in [6.07, 6.45) is 5.99. The highest BCUT2D eigenvalue weighted by molar-refractivity contribution is 5.86. The monoisotopic (exact) mass is 422 g/mol. The van der Waals surface area contributed by atoms with Gasteiger partial charge in [0, 0.05) is 43.2 Å². The summed E-state index contributed by atoms with van der Waals surface area (Å²) in [5.41, 5.74) is 5.09. The Balaban J connectivity index is 1.52. The van der Waals surface area contributed by atoms with Gasteiger partial charge < -0.3 is 9.47 Å². The smallest absolute Gasteiger partial charge is 0.223 e. The van der Waals surface area contributed by atoms with Crippen molar-refractivity contribution >= 4 is 16.8 Å². The summed E-state index contributed by atoms with van der Waals surface area (Å²) in [6.45, 7) is 2.65. The van der Waals surface area contributed by atoms with Gasteiger partial charge in [-0.2, -0.15) is 0 Å². The first-order chi connectivity index (χ1) is 15.8. The van der Waals surface area contributed by atoms with Crippen LogP contribution >= 0.6 is 0 Å². The van der Waals surface area contributed by atoms with Crippen molar-refractivity contribution < 1.29 is 4.79 Å². The fourth-order valence-corrected chi connectivity index (χ4v) is 5.01. The lowest BCUT2D eigenvalue weighted by Gasteiger charge is -2.21. The van der Waals surface area contributed by atoms with E-state index in [0.29, 0.717) is 12.3 Å². The van der Waals surface area contributed by atoms with Crippen LogP contribution in [0.5, 0.6) is 0 Å². The van der Waals surface area contributed by atoms with Crippen molar-refractivity contribution in [2.24, 2.45) is 0 Å². The maximum absolute atomic E-state index is 13.2. The second-order valence-corrected chi connectivity index (χ2v) is 8.89. The Bertz CT molecular complexity index is 1170. The molecule has 0 bridgehead atoms. The minimum absolute atomic E-state index is 0.160. The predicted octanol–water partition coefficient (Wildman–Crippen LogP) is 6.03. The third-order valence-corrected chi connectivity index (χ3v) is 6.66. The largest absolute Gasteiger partial charge is 0.343 e. The lowest BCUT2D eigenvalue weighted by molar-refractivity contribution is -0.130. The lowest BCUT2D eigenvalue weighted by Crippen LogP contribution is -2.29. The van der Waals surface area contributed by atoms with Crippen molar-refractivity contribution in [1.29, 1.82) is 0 Å². The molecule has 1 fully saturated rings. The van der Waals surface area contributed by atoms with E-state index in [1.165, 1.54) is 27.6 Å². The first-order valence-corrected chi connectivity index (χ1v) is 11.7. The Hall–Kier alpha value is -3.33. The molecule has 3 aromatic carbocycles. The summed E-state index contributed by atoms with van der Waals surface area (Å²) in [5, 5.41) is 1.26. The van der Waals surface area contributed by atoms with E-state index >= 15 is 0 Å². The maximum atomic E-state index is 13.2. The van der Waals surface area contributed by atoms with E-state index < -0.39 is 0 Å². The molecule has 0 spiro atoms. The minimum atomic E-state index is 0.160. The summed E-state index contributed by atoms with van der Waals surface area (Å²) in [7, 11) is 0. The quantitative estimate of drug-likeness (QED) is 0.357. The second-order valence-electron chi connectivity index (χ2n) is 8.89. The number of amides is 1. The predicted molar refractivity (Wildman–Crippen MR) is 131 cm³/mol. The number of fused-ring (bicyclic) bond motifs is 1. The Morgan fingerprint density at radius 2 is 1.41 bits per heavy atom. The van der Waals surface area contributed by atoms with E-state index in [-0.39, 0.29) is 5.92 Å². The van der Waals surface area contributed by atoms with Gasteiger partial charge in [-0.15, -0.1) is 0 Å². The van der Waals surface area contributed by atoms with Crippen molar-refractivity contribution in [1.82, 2.24) is 9.47 Å². The van der Waals surface area contributed by atoms with Crippen LogP contribution in [0.2, 0.25) is 0 Å². The van der Waals surface area contributed by atoms with Crippen LogP contribution in [0.3, 0.4) is 0 Å². The van der Waals surface area contributed by atoms with Gasteiger partial charge in [0.05, 0.1) is 0 Å². The van der Waals surface area contributed by atoms with Gasteiger partial charge in [0.15, 0.2) is 0 Å². The molecule has 3 nitrogen and oxygen atoms in total. The summed E-state index contributed by atoms with van der Waals surface area (Å²) in [4.78, 5) is 15.2. The SMILES string of the molecule is O=C(CC(Cc1ccccc1)c1cn(Cc2ccccc2)c2ccccc12)N1CCCC1. The van der Waals surface area contributed by atoms with E-state index in [2.05, 4.69) is 101 Å². The van der Waals surface area contributed by atoms with Crippen LogP contribution in [0.1, 0.15) is 41.9 Å². The molecule has 0 aliphatic carbocycles. The fraction of sp³-hybridized carbons (Fsp3) is 0.276. The zero-order chi connectivity index (χ0) is 21.8. The zero-order valence-corrected chi connectivity index (χ0v) is 18.5. The van der Waals surface area contributed by atoms with Crippen molar-refractivity contribution in [3.8, 4) is 0 Å². The summed E-state index contributed by atoms with van der Waals surface area (Å²) >= 11 is 0. The molecular weight excluding hydrogens is 392 g/mol. The molecule has 0 radical (unpaired) electrons. The maximum Gasteiger partial charge on any atom is 0.223 e. The van der Waals surface area contributed by atoms with Crippen molar-refractivity contribution in [3.63, 3.8) is 0 Å². The molecule has 1 unspecified atom stereocenters. The second kappa shape index (κ2) is 9.44. The number of rotatable bonds is 7. The Labute approximate surface area is 190 Å². The first kappa shape index (κ1) is 20.6. The highest BCUT2D eigenvalue weighted by Gasteiger charge is 2.25. The highest BCUT2D eigenvalue weighted by Crippen LogP contribution is 2.33. The van der Waals surface area contributed by atoms with Crippen LogP contribution < -0.4 is 0 Å².